The minimum atomic E-state index is 0.765. The van der Waals surface area contributed by atoms with Gasteiger partial charge in [-0.1, -0.05) is 17.8 Å². The van der Waals surface area contributed by atoms with E-state index in [1.54, 1.807) is 24.2 Å². The highest BCUT2D eigenvalue weighted by molar-refractivity contribution is 7.98. The van der Waals surface area contributed by atoms with Crippen molar-refractivity contribution in [3.05, 3.63) is 48.4 Å². The van der Waals surface area contributed by atoms with Crippen LogP contribution in [0.25, 0.3) is 11.2 Å². The normalized spacial score (nSPS) is 10.8. The molecule has 3 heterocycles. The summed E-state index contributed by atoms with van der Waals surface area (Å²) >= 11 is 1.65. The number of H-pyrrole nitrogens is 1. The molecule has 84 valence electrons. The quantitative estimate of drug-likeness (QED) is 0.717. The molecule has 3 rings (SSSR count). The van der Waals surface area contributed by atoms with Crippen LogP contribution in [0.5, 0.6) is 0 Å². The summed E-state index contributed by atoms with van der Waals surface area (Å²) in [6.07, 6.45) is 5.39. The summed E-state index contributed by atoms with van der Waals surface area (Å²) < 4.78 is 0. The van der Waals surface area contributed by atoms with Crippen molar-refractivity contribution in [3.8, 4) is 0 Å². The monoisotopic (exact) mass is 242 g/mol. The third kappa shape index (κ3) is 2.29. The van der Waals surface area contributed by atoms with Crippen LogP contribution >= 0.6 is 11.8 Å². The Bertz CT molecular complexity index is 587. The summed E-state index contributed by atoms with van der Waals surface area (Å²) in [5.41, 5.74) is 2.92. The molecule has 1 N–H and O–H groups in total. The van der Waals surface area contributed by atoms with Crippen molar-refractivity contribution in [1.29, 1.82) is 0 Å². The van der Waals surface area contributed by atoms with Crippen molar-refractivity contribution in [1.82, 2.24) is 19.9 Å². The van der Waals surface area contributed by atoms with Crippen LogP contribution in [-0.4, -0.2) is 19.9 Å². The second-order valence-electron chi connectivity index (χ2n) is 3.57. The summed E-state index contributed by atoms with van der Waals surface area (Å²) in [6, 6.07) is 7.87. The van der Waals surface area contributed by atoms with Crippen LogP contribution < -0.4 is 0 Å². The lowest BCUT2D eigenvalue weighted by Crippen LogP contribution is -1.82. The topological polar surface area (TPSA) is 54.5 Å². The maximum Gasteiger partial charge on any atom is 0.178 e. The summed E-state index contributed by atoms with van der Waals surface area (Å²) in [6.45, 7) is 0. The molecule has 17 heavy (non-hydrogen) atoms. The predicted octanol–water partition coefficient (Wildman–Crippen LogP) is 2.65. The highest BCUT2D eigenvalue weighted by atomic mass is 32.2. The predicted molar refractivity (Wildman–Crippen MR) is 67.7 cm³/mol. The Hall–Kier alpha value is -1.88. The zero-order valence-corrected chi connectivity index (χ0v) is 9.81. The van der Waals surface area contributed by atoms with Gasteiger partial charge in [-0.25, -0.2) is 9.97 Å². The van der Waals surface area contributed by atoms with Gasteiger partial charge < -0.3 is 4.98 Å². The highest BCUT2D eigenvalue weighted by Crippen LogP contribution is 2.21. The number of nitrogens with one attached hydrogen (secondary N) is 1. The van der Waals surface area contributed by atoms with E-state index in [-0.39, 0.29) is 0 Å². The van der Waals surface area contributed by atoms with Crippen LogP contribution in [0.2, 0.25) is 0 Å². The maximum atomic E-state index is 4.40. The van der Waals surface area contributed by atoms with Gasteiger partial charge in [0.05, 0.1) is 5.52 Å². The molecule has 0 aliphatic carbocycles. The Morgan fingerprint density at radius 1 is 1.18 bits per heavy atom. The zero-order chi connectivity index (χ0) is 11.5. The first-order valence-corrected chi connectivity index (χ1v) is 6.23. The number of fused-ring (bicyclic) bond motifs is 1. The summed E-state index contributed by atoms with van der Waals surface area (Å²) in [4.78, 5) is 15.9. The molecular formula is C12H10N4S. The average molecular weight is 242 g/mol. The number of hydrogen-bond acceptors (Lipinski definition) is 4. The minimum absolute atomic E-state index is 0.765. The molecular weight excluding hydrogens is 232 g/mol. The highest BCUT2D eigenvalue weighted by Gasteiger charge is 2.03. The molecule has 0 aliphatic heterocycles. The van der Waals surface area contributed by atoms with Gasteiger partial charge in [-0.3, -0.25) is 4.98 Å². The van der Waals surface area contributed by atoms with Crippen molar-refractivity contribution in [2.24, 2.45) is 0 Å². The fourth-order valence-corrected chi connectivity index (χ4v) is 2.33. The molecule has 0 amide bonds. The molecule has 0 saturated heterocycles. The van der Waals surface area contributed by atoms with E-state index >= 15 is 0 Å². The van der Waals surface area contributed by atoms with E-state index in [1.165, 1.54) is 5.56 Å². The molecule has 3 aromatic heterocycles. The number of thioether (sulfide) groups is 1. The van der Waals surface area contributed by atoms with Crippen LogP contribution in [0.15, 0.2) is 48.0 Å². The largest absolute Gasteiger partial charge is 0.332 e. The van der Waals surface area contributed by atoms with Gasteiger partial charge >= 0.3 is 0 Å². The lowest BCUT2D eigenvalue weighted by Gasteiger charge is -1.96. The molecule has 0 radical (unpaired) electrons. The third-order valence-corrected chi connectivity index (χ3v) is 3.28. The van der Waals surface area contributed by atoms with Gasteiger partial charge in [0.2, 0.25) is 0 Å². The van der Waals surface area contributed by atoms with Gasteiger partial charge in [-0.05, 0) is 23.8 Å². The molecule has 0 fully saturated rings. The van der Waals surface area contributed by atoms with Gasteiger partial charge in [0, 0.05) is 24.3 Å². The fourth-order valence-electron chi connectivity index (χ4n) is 1.53. The fraction of sp³-hybridized carbons (Fsp3) is 0.0833. The molecule has 0 aromatic carbocycles. The Balaban J connectivity index is 1.77. The molecule has 0 atom stereocenters. The molecule has 0 bridgehead atoms. The van der Waals surface area contributed by atoms with Crippen molar-refractivity contribution in [2.75, 3.05) is 0 Å². The smallest absolute Gasteiger partial charge is 0.178 e. The Morgan fingerprint density at radius 2 is 2.12 bits per heavy atom. The first-order valence-electron chi connectivity index (χ1n) is 5.24. The summed E-state index contributed by atoms with van der Waals surface area (Å²) in [5, 5.41) is 0.891. The van der Waals surface area contributed by atoms with Crippen LogP contribution in [0.1, 0.15) is 5.56 Å². The van der Waals surface area contributed by atoms with E-state index in [9.17, 15) is 0 Å². The molecule has 4 nitrogen and oxygen atoms in total. The maximum absolute atomic E-state index is 4.40. The number of nitrogens with zero attached hydrogens (tertiary/aromatic N) is 3. The van der Waals surface area contributed by atoms with Crippen LogP contribution in [0.3, 0.4) is 0 Å². The SMILES string of the molecule is c1cncc(CSc2nc3ncccc3[nH]2)c1. The molecule has 3 aromatic rings. The molecule has 0 aliphatic rings. The van der Waals surface area contributed by atoms with Crippen molar-refractivity contribution in [3.63, 3.8) is 0 Å². The lowest BCUT2D eigenvalue weighted by atomic mass is 10.3. The van der Waals surface area contributed by atoms with Crippen molar-refractivity contribution in [2.45, 2.75) is 10.9 Å². The second-order valence-corrected chi connectivity index (χ2v) is 4.53. The number of rotatable bonds is 3. The van der Waals surface area contributed by atoms with Crippen LogP contribution in [0, 0.1) is 0 Å². The van der Waals surface area contributed by atoms with E-state index in [1.807, 2.05) is 24.4 Å². The average Bonchev–Trinajstić information content (AvgIpc) is 2.80. The third-order valence-electron chi connectivity index (χ3n) is 2.33. The number of aromatic nitrogens is 4. The first-order chi connectivity index (χ1) is 8.42. The standard InChI is InChI=1S/C12H10N4S/c1-3-9(7-13-5-1)8-17-12-15-10-4-2-6-14-11(10)16-12/h1-7H,8H2,(H,14,15,16). The van der Waals surface area contributed by atoms with E-state index in [0.29, 0.717) is 0 Å². The van der Waals surface area contributed by atoms with Crippen molar-refractivity contribution < 1.29 is 0 Å². The lowest BCUT2D eigenvalue weighted by molar-refractivity contribution is 1.07. The molecule has 0 saturated carbocycles. The number of imidazole rings is 1. The van der Waals surface area contributed by atoms with Gasteiger partial charge in [0.15, 0.2) is 10.8 Å². The van der Waals surface area contributed by atoms with E-state index in [2.05, 4.69) is 26.0 Å². The van der Waals surface area contributed by atoms with Gasteiger partial charge in [0.1, 0.15) is 0 Å². The Labute approximate surface area is 103 Å². The van der Waals surface area contributed by atoms with Gasteiger partial charge in [0.25, 0.3) is 0 Å². The van der Waals surface area contributed by atoms with E-state index in [4.69, 9.17) is 0 Å². The van der Waals surface area contributed by atoms with Crippen LogP contribution in [-0.2, 0) is 5.75 Å². The number of hydrogen-bond donors (Lipinski definition) is 1. The minimum Gasteiger partial charge on any atom is -0.332 e. The molecule has 0 unspecified atom stereocenters. The second kappa shape index (κ2) is 4.55. The number of pyridine rings is 2. The Morgan fingerprint density at radius 3 is 2.94 bits per heavy atom. The van der Waals surface area contributed by atoms with Gasteiger partial charge in [-0.15, -0.1) is 0 Å². The number of aromatic amines is 1. The molecule has 0 spiro atoms. The van der Waals surface area contributed by atoms with E-state index < -0.39 is 0 Å². The van der Waals surface area contributed by atoms with Gasteiger partial charge in [-0.2, -0.15) is 0 Å². The first kappa shape index (κ1) is 10.3. The molecule has 5 heteroatoms. The zero-order valence-electron chi connectivity index (χ0n) is 9.00. The van der Waals surface area contributed by atoms with Crippen molar-refractivity contribution >= 4 is 22.9 Å². The summed E-state index contributed by atoms with van der Waals surface area (Å²) in [5.74, 6) is 0.855. The van der Waals surface area contributed by atoms with Crippen LogP contribution in [0.4, 0.5) is 0 Å². The van der Waals surface area contributed by atoms with E-state index in [0.717, 1.165) is 22.1 Å². The Kier molecular flexibility index (Phi) is 2.75. The summed E-state index contributed by atoms with van der Waals surface area (Å²) in [7, 11) is 0.